The standard InChI is InChI=1S/C30H27N5OS2/c1-19-8-4-5-10-26(19)36-23-13-11-22(12-14-23)35-28(27(33-29(35)37)25-9-6-7-15-31-25)24-18-20(2)34(21(24)3)30-32-16-17-38-30/h4-18,27-28H,1-3H3,(H,33,37)/t27-,28-/m0/s1. The second-order valence-corrected chi connectivity index (χ2v) is 10.6. The lowest BCUT2D eigenvalue weighted by Crippen LogP contribution is -2.29. The zero-order valence-corrected chi connectivity index (χ0v) is 23.0. The number of nitrogens with one attached hydrogen (secondary N) is 1. The minimum atomic E-state index is -0.114. The largest absolute Gasteiger partial charge is 0.457 e. The molecule has 3 aromatic heterocycles. The molecule has 1 N–H and O–H groups in total. The van der Waals surface area contributed by atoms with Gasteiger partial charge in [-0.1, -0.05) is 24.3 Å². The Morgan fingerprint density at radius 1 is 0.921 bits per heavy atom. The van der Waals surface area contributed by atoms with E-state index < -0.39 is 0 Å². The molecule has 190 valence electrons. The van der Waals surface area contributed by atoms with Crippen LogP contribution in [0.1, 0.15) is 40.3 Å². The highest BCUT2D eigenvalue weighted by Gasteiger charge is 2.42. The molecule has 0 amide bonds. The minimum absolute atomic E-state index is 0.0968. The van der Waals surface area contributed by atoms with Crippen molar-refractivity contribution in [2.24, 2.45) is 0 Å². The van der Waals surface area contributed by atoms with E-state index >= 15 is 0 Å². The summed E-state index contributed by atoms with van der Waals surface area (Å²) in [6, 6.07) is 24.2. The van der Waals surface area contributed by atoms with Gasteiger partial charge in [-0.2, -0.15) is 0 Å². The molecule has 0 unspecified atom stereocenters. The van der Waals surface area contributed by atoms with E-state index in [1.807, 2.05) is 73.2 Å². The number of para-hydroxylation sites is 1. The average molecular weight is 538 g/mol. The van der Waals surface area contributed by atoms with Crippen molar-refractivity contribution in [3.05, 3.63) is 119 Å². The first-order valence-corrected chi connectivity index (χ1v) is 13.7. The van der Waals surface area contributed by atoms with Crippen LogP contribution in [0.3, 0.4) is 0 Å². The van der Waals surface area contributed by atoms with Gasteiger partial charge in [0.2, 0.25) is 0 Å². The zero-order chi connectivity index (χ0) is 26.2. The molecule has 0 aliphatic carbocycles. The van der Waals surface area contributed by atoms with Crippen molar-refractivity contribution in [3.8, 4) is 16.6 Å². The average Bonchev–Trinajstić information content (AvgIpc) is 3.64. The van der Waals surface area contributed by atoms with Gasteiger partial charge in [0.05, 0.1) is 17.8 Å². The summed E-state index contributed by atoms with van der Waals surface area (Å²) in [4.78, 5) is 11.5. The number of benzene rings is 2. The number of rotatable bonds is 6. The molecule has 5 aromatic rings. The maximum Gasteiger partial charge on any atom is 0.193 e. The van der Waals surface area contributed by atoms with Gasteiger partial charge >= 0.3 is 0 Å². The van der Waals surface area contributed by atoms with E-state index in [2.05, 4.69) is 57.9 Å². The van der Waals surface area contributed by atoms with E-state index in [1.165, 1.54) is 5.56 Å². The van der Waals surface area contributed by atoms with Crippen LogP contribution in [-0.2, 0) is 0 Å². The van der Waals surface area contributed by atoms with Crippen LogP contribution in [0, 0.1) is 20.8 Å². The molecule has 38 heavy (non-hydrogen) atoms. The summed E-state index contributed by atoms with van der Waals surface area (Å²) in [5, 5.41) is 7.19. The number of pyridine rings is 1. The van der Waals surface area contributed by atoms with Crippen molar-refractivity contribution < 1.29 is 4.74 Å². The molecule has 6 nitrogen and oxygen atoms in total. The molecular weight excluding hydrogens is 510 g/mol. The van der Waals surface area contributed by atoms with E-state index in [0.29, 0.717) is 5.11 Å². The molecule has 1 aliphatic rings. The molecule has 4 heterocycles. The fourth-order valence-corrected chi connectivity index (χ4v) is 6.23. The number of thiazole rings is 1. The number of hydrogen-bond acceptors (Lipinski definition) is 5. The lowest BCUT2D eigenvalue weighted by molar-refractivity contribution is 0.479. The van der Waals surface area contributed by atoms with Gasteiger partial charge in [0.1, 0.15) is 11.5 Å². The Labute approximate surface area is 231 Å². The van der Waals surface area contributed by atoms with Gasteiger partial charge in [-0.25, -0.2) is 4.98 Å². The Hall–Kier alpha value is -4.01. The second kappa shape index (κ2) is 10.0. The van der Waals surface area contributed by atoms with E-state index in [9.17, 15) is 0 Å². The lowest BCUT2D eigenvalue weighted by Gasteiger charge is -2.28. The van der Waals surface area contributed by atoms with Crippen LogP contribution in [0.15, 0.2) is 90.6 Å². The maximum atomic E-state index is 6.15. The number of anilines is 1. The van der Waals surface area contributed by atoms with Gasteiger partial charge in [-0.05, 0) is 92.6 Å². The lowest BCUT2D eigenvalue weighted by atomic mass is 9.96. The highest BCUT2D eigenvalue weighted by atomic mass is 32.1. The first-order chi connectivity index (χ1) is 18.5. The molecule has 6 rings (SSSR count). The smallest absolute Gasteiger partial charge is 0.193 e. The molecule has 2 atom stereocenters. The molecule has 0 radical (unpaired) electrons. The fraction of sp³-hybridized carbons (Fsp3) is 0.167. The van der Waals surface area contributed by atoms with Crippen molar-refractivity contribution in [2.75, 3.05) is 4.90 Å². The van der Waals surface area contributed by atoms with Gasteiger partial charge < -0.3 is 15.0 Å². The third kappa shape index (κ3) is 4.36. The Morgan fingerprint density at radius 2 is 1.71 bits per heavy atom. The van der Waals surface area contributed by atoms with Crippen LogP contribution in [0.5, 0.6) is 11.5 Å². The van der Waals surface area contributed by atoms with Crippen molar-refractivity contribution in [3.63, 3.8) is 0 Å². The Balaban J connectivity index is 1.41. The quantitative estimate of drug-likeness (QED) is 0.231. The highest BCUT2D eigenvalue weighted by molar-refractivity contribution is 7.80. The van der Waals surface area contributed by atoms with E-state index in [0.717, 1.165) is 45.0 Å². The molecular formula is C30H27N5OS2. The van der Waals surface area contributed by atoms with Crippen LogP contribution in [0.25, 0.3) is 5.13 Å². The van der Waals surface area contributed by atoms with Gasteiger partial charge in [0.25, 0.3) is 0 Å². The van der Waals surface area contributed by atoms with Crippen LogP contribution in [0.4, 0.5) is 5.69 Å². The first kappa shape index (κ1) is 24.3. The summed E-state index contributed by atoms with van der Waals surface area (Å²) < 4.78 is 8.37. The number of aromatic nitrogens is 3. The first-order valence-electron chi connectivity index (χ1n) is 12.4. The van der Waals surface area contributed by atoms with E-state index in [4.69, 9.17) is 21.9 Å². The summed E-state index contributed by atoms with van der Waals surface area (Å²) in [5.74, 6) is 1.63. The number of ether oxygens (including phenoxy) is 1. The molecule has 0 bridgehead atoms. The molecule has 1 aliphatic heterocycles. The summed E-state index contributed by atoms with van der Waals surface area (Å²) in [6.45, 7) is 6.32. The van der Waals surface area contributed by atoms with Crippen molar-refractivity contribution in [1.29, 1.82) is 0 Å². The fourth-order valence-electron chi connectivity index (χ4n) is 5.13. The molecule has 1 saturated heterocycles. The predicted octanol–water partition coefficient (Wildman–Crippen LogP) is 7.22. The third-order valence-corrected chi connectivity index (χ3v) is 8.01. The van der Waals surface area contributed by atoms with Crippen LogP contribution in [-0.4, -0.2) is 19.6 Å². The summed E-state index contributed by atoms with van der Waals surface area (Å²) >= 11 is 7.56. The number of aryl methyl sites for hydroxylation is 2. The summed E-state index contributed by atoms with van der Waals surface area (Å²) in [5.41, 5.74) is 6.48. The Kier molecular flexibility index (Phi) is 6.43. The molecule has 1 fully saturated rings. The van der Waals surface area contributed by atoms with Gasteiger partial charge in [0.15, 0.2) is 10.2 Å². The molecule has 2 aromatic carbocycles. The predicted molar refractivity (Wildman–Crippen MR) is 157 cm³/mol. The number of nitrogens with zero attached hydrogens (tertiary/aromatic N) is 4. The van der Waals surface area contributed by atoms with E-state index in [-0.39, 0.29) is 12.1 Å². The molecule has 8 heteroatoms. The molecule has 0 spiro atoms. The highest BCUT2D eigenvalue weighted by Crippen LogP contribution is 2.44. The zero-order valence-electron chi connectivity index (χ0n) is 21.3. The maximum absolute atomic E-state index is 6.15. The van der Waals surface area contributed by atoms with Gasteiger partial charge in [-0.15, -0.1) is 11.3 Å². The van der Waals surface area contributed by atoms with E-state index in [1.54, 1.807) is 11.3 Å². The normalized spacial score (nSPS) is 17.0. The Bertz CT molecular complexity index is 1580. The monoisotopic (exact) mass is 537 g/mol. The second-order valence-electron chi connectivity index (χ2n) is 9.33. The van der Waals surface area contributed by atoms with Gasteiger partial charge in [0, 0.05) is 34.8 Å². The molecule has 0 saturated carbocycles. The number of hydrogen-bond donors (Lipinski definition) is 1. The number of thiocarbonyl (C=S) groups is 1. The minimum Gasteiger partial charge on any atom is -0.457 e. The van der Waals surface area contributed by atoms with Crippen molar-refractivity contribution >= 4 is 34.4 Å². The SMILES string of the molecule is Cc1ccccc1Oc1ccc(N2C(=S)N[C@@H](c3ccccn3)[C@@H]2c2cc(C)n(-c3nccs3)c2C)cc1. The van der Waals surface area contributed by atoms with Gasteiger partial charge in [-0.3, -0.25) is 9.55 Å². The topological polar surface area (TPSA) is 55.2 Å². The third-order valence-electron chi connectivity index (χ3n) is 6.93. The van der Waals surface area contributed by atoms with Crippen molar-refractivity contribution in [2.45, 2.75) is 32.9 Å². The van der Waals surface area contributed by atoms with Crippen LogP contribution in [0.2, 0.25) is 0 Å². The van der Waals surface area contributed by atoms with Crippen molar-refractivity contribution in [1.82, 2.24) is 19.9 Å². The van der Waals surface area contributed by atoms with Crippen LogP contribution < -0.4 is 15.0 Å². The summed E-state index contributed by atoms with van der Waals surface area (Å²) in [6.07, 6.45) is 3.67. The Morgan fingerprint density at radius 3 is 2.42 bits per heavy atom. The van der Waals surface area contributed by atoms with Crippen LogP contribution >= 0.6 is 23.6 Å². The summed E-state index contributed by atoms with van der Waals surface area (Å²) in [7, 11) is 0.